The van der Waals surface area contributed by atoms with E-state index in [2.05, 4.69) is 26.6 Å². The molecule has 3 rings (SSSR count). The van der Waals surface area contributed by atoms with Crippen molar-refractivity contribution in [1.82, 2.24) is 5.32 Å². The van der Waals surface area contributed by atoms with Crippen LogP contribution in [0.15, 0.2) is 16.6 Å². The van der Waals surface area contributed by atoms with Crippen LogP contribution in [-0.2, 0) is 0 Å². The van der Waals surface area contributed by atoms with Crippen molar-refractivity contribution >= 4 is 33.2 Å². The number of nitrogens with two attached hydrogens (primary N) is 1. The van der Waals surface area contributed by atoms with Crippen LogP contribution in [0, 0.1) is 0 Å². The van der Waals surface area contributed by atoms with Crippen molar-refractivity contribution in [3.63, 3.8) is 0 Å². The van der Waals surface area contributed by atoms with Crippen molar-refractivity contribution in [2.24, 2.45) is 0 Å². The molecule has 2 aliphatic rings. The number of rotatable bonds is 4. The molecule has 4 N–H and O–H groups in total. The third-order valence-electron chi connectivity index (χ3n) is 3.23. The fourth-order valence-electron chi connectivity index (χ4n) is 1.83. The quantitative estimate of drug-likeness (QED) is 0.749. The molecule has 2 saturated carbocycles. The first kappa shape index (κ1) is 11.8. The maximum atomic E-state index is 12.0. The van der Waals surface area contributed by atoms with E-state index in [1.54, 1.807) is 6.07 Å². The Labute approximate surface area is 114 Å². The predicted molar refractivity (Wildman–Crippen MR) is 75.7 cm³/mol. The van der Waals surface area contributed by atoms with E-state index in [0.717, 1.165) is 23.0 Å². The summed E-state index contributed by atoms with van der Waals surface area (Å²) < 4.78 is 0.790. The number of benzene rings is 1. The van der Waals surface area contributed by atoms with E-state index in [1.165, 1.54) is 12.8 Å². The van der Waals surface area contributed by atoms with E-state index in [0.29, 0.717) is 23.3 Å². The Bertz CT molecular complexity index is 495. The Morgan fingerprint density at radius 2 is 1.89 bits per heavy atom. The molecule has 5 heteroatoms. The first-order valence-corrected chi connectivity index (χ1v) is 7.09. The fourth-order valence-corrected chi connectivity index (χ4v) is 2.35. The first-order valence-electron chi connectivity index (χ1n) is 6.30. The third-order valence-corrected chi connectivity index (χ3v) is 3.89. The van der Waals surface area contributed by atoms with Crippen LogP contribution in [0.5, 0.6) is 0 Å². The second-order valence-corrected chi connectivity index (χ2v) is 5.94. The minimum atomic E-state index is -0.0472. The lowest BCUT2D eigenvalue weighted by atomic mass is 10.1. The number of carbonyl (C=O) groups excluding carboxylic acids is 1. The monoisotopic (exact) mass is 309 g/mol. The standard InChI is InChI=1S/C13H16BrN3O/c14-10-6-12(16-7-1-2-7)11(15)5-9(10)13(18)17-8-3-4-8/h5-8,16H,1-4,15H2,(H,17,18). The Morgan fingerprint density at radius 1 is 1.22 bits per heavy atom. The van der Waals surface area contributed by atoms with E-state index < -0.39 is 0 Å². The normalized spacial score (nSPS) is 18.5. The zero-order valence-corrected chi connectivity index (χ0v) is 11.6. The lowest BCUT2D eigenvalue weighted by molar-refractivity contribution is 0.0950. The van der Waals surface area contributed by atoms with Crippen molar-refractivity contribution in [2.75, 3.05) is 11.1 Å². The molecule has 1 aromatic rings. The Balaban J connectivity index is 1.80. The minimum Gasteiger partial charge on any atom is -0.397 e. The average molecular weight is 310 g/mol. The van der Waals surface area contributed by atoms with Gasteiger partial charge in [-0.1, -0.05) is 0 Å². The molecule has 0 spiro atoms. The van der Waals surface area contributed by atoms with Crippen molar-refractivity contribution in [1.29, 1.82) is 0 Å². The number of amides is 1. The van der Waals surface area contributed by atoms with Crippen LogP contribution in [0.3, 0.4) is 0 Å². The first-order chi connectivity index (χ1) is 8.63. The van der Waals surface area contributed by atoms with Gasteiger partial charge in [-0.3, -0.25) is 4.79 Å². The van der Waals surface area contributed by atoms with Gasteiger partial charge in [-0.15, -0.1) is 0 Å². The largest absolute Gasteiger partial charge is 0.397 e. The van der Waals surface area contributed by atoms with Crippen LogP contribution in [0.25, 0.3) is 0 Å². The number of carbonyl (C=O) groups is 1. The van der Waals surface area contributed by atoms with Gasteiger partial charge in [-0.25, -0.2) is 0 Å². The number of nitrogen functional groups attached to an aromatic ring is 1. The molecule has 0 bridgehead atoms. The second-order valence-electron chi connectivity index (χ2n) is 5.09. The molecule has 0 saturated heterocycles. The molecule has 2 fully saturated rings. The SMILES string of the molecule is Nc1cc(C(=O)NC2CC2)c(Br)cc1NC1CC1. The molecule has 4 nitrogen and oxygen atoms in total. The van der Waals surface area contributed by atoms with Crippen molar-refractivity contribution < 1.29 is 4.79 Å². The number of hydrogen-bond donors (Lipinski definition) is 3. The van der Waals surface area contributed by atoms with Gasteiger partial charge in [0.15, 0.2) is 0 Å². The fraction of sp³-hybridized carbons (Fsp3) is 0.462. The van der Waals surface area contributed by atoms with Gasteiger partial charge < -0.3 is 16.4 Å². The minimum absolute atomic E-state index is 0.0472. The summed E-state index contributed by atoms with van der Waals surface area (Å²) in [6, 6.07) is 4.54. The summed E-state index contributed by atoms with van der Waals surface area (Å²) in [6.45, 7) is 0. The summed E-state index contributed by atoms with van der Waals surface area (Å²) in [5, 5.41) is 6.32. The molecule has 2 aliphatic carbocycles. The molecule has 0 atom stereocenters. The zero-order chi connectivity index (χ0) is 12.7. The summed E-state index contributed by atoms with van der Waals surface area (Å²) in [5.74, 6) is -0.0472. The van der Waals surface area contributed by atoms with Gasteiger partial charge in [0, 0.05) is 16.6 Å². The van der Waals surface area contributed by atoms with E-state index in [-0.39, 0.29) is 5.91 Å². The van der Waals surface area contributed by atoms with E-state index in [9.17, 15) is 4.79 Å². The van der Waals surface area contributed by atoms with Crippen molar-refractivity contribution in [3.05, 3.63) is 22.2 Å². The molecular weight excluding hydrogens is 294 g/mol. The summed E-state index contributed by atoms with van der Waals surface area (Å²) in [4.78, 5) is 12.0. The second kappa shape index (κ2) is 4.46. The predicted octanol–water partition coefficient (Wildman–Crippen LogP) is 2.50. The molecule has 96 valence electrons. The Morgan fingerprint density at radius 3 is 2.50 bits per heavy atom. The lowest BCUT2D eigenvalue weighted by Gasteiger charge is -2.12. The van der Waals surface area contributed by atoms with Crippen LogP contribution in [0.1, 0.15) is 36.0 Å². The zero-order valence-electron chi connectivity index (χ0n) is 10.0. The summed E-state index contributed by atoms with van der Waals surface area (Å²) in [7, 11) is 0. The van der Waals surface area contributed by atoms with Crippen LogP contribution >= 0.6 is 15.9 Å². The molecule has 0 radical (unpaired) electrons. The maximum Gasteiger partial charge on any atom is 0.252 e. The molecule has 0 aliphatic heterocycles. The van der Waals surface area contributed by atoms with Gasteiger partial charge in [0.2, 0.25) is 0 Å². The van der Waals surface area contributed by atoms with Gasteiger partial charge in [0.05, 0.1) is 16.9 Å². The molecule has 1 aromatic carbocycles. The molecule has 0 aromatic heterocycles. The Kier molecular flexibility index (Phi) is 2.93. The highest BCUT2D eigenvalue weighted by Gasteiger charge is 2.26. The average Bonchev–Trinajstić information content (AvgIpc) is 3.17. The van der Waals surface area contributed by atoms with Gasteiger partial charge in [0.25, 0.3) is 5.91 Å². The highest BCUT2D eigenvalue weighted by atomic mass is 79.9. The maximum absolute atomic E-state index is 12.0. The van der Waals surface area contributed by atoms with Gasteiger partial charge in [0.1, 0.15) is 0 Å². The molecule has 18 heavy (non-hydrogen) atoms. The van der Waals surface area contributed by atoms with Crippen molar-refractivity contribution in [2.45, 2.75) is 37.8 Å². The van der Waals surface area contributed by atoms with E-state index in [1.807, 2.05) is 6.07 Å². The van der Waals surface area contributed by atoms with Crippen LogP contribution in [-0.4, -0.2) is 18.0 Å². The summed E-state index contributed by atoms with van der Waals surface area (Å²) in [5.41, 5.74) is 8.14. The highest BCUT2D eigenvalue weighted by Crippen LogP contribution is 2.32. The van der Waals surface area contributed by atoms with Gasteiger partial charge in [-0.2, -0.15) is 0 Å². The van der Waals surface area contributed by atoms with Crippen LogP contribution in [0.2, 0.25) is 0 Å². The van der Waals surface area contributed by atoms with Gasteiger partial charge in [-0.05, 0) is 53.7 Å². The topological polar surface area (TPSA) is 67.2 Å². The van der Waals surface area contributed by atoms with Crippen LogP contribution < -0.4 is 16.4 Å². The number of halogens is 1. The highest BCUT2D eigenvalue weighted by molar-refractivity contribution is 9.10. The molecule has 0 unspecified atom stereocenters. The molecule has 1 amide bonds. The smallest absolute Gasteiger partial charge is 0.252 e. The molecular formula is C13H16BrN3O. The number of nitrogens with one attached hydrogen (secondary N) is 2. The lowest BCUT2D eigenvalue weighted by Crippen LogP contribution is -2.26. The molecule has 0 heterocycles. The van der Waals surface area contributed by atoms with E-state index in [4.69, 9.17) is 5.73 Å². The number of hydrogen-bond acceptors (Lipinski definition) is 3. The van der Waals surface area contributed by atoms with Crippen molar-refractivity contribution in [3.8, 4) is 0 Å². The van der Waals surface area contributed by atoms with E-state index >= 15 is 0 Å². The number of anilines is 2. The van der Waals surface area contributed by atoms with Crippen LogP contribution in [0.4, 0.5) is 11.4 Å². The third kappa shape index (κ3) is 2.61. The summed E-state index contributed by atoms with van der Waals surface area (Å²) in [6.07, 6.45) is 4.56. The summed E-state index contributed by atoms with van der Waals surface area (Å²) >= 11 is 3.45. The van der Waals surface area contributed by atoms with Gasteiger partial charge >= 0.3 is 0 Å². The Hall–Kier alpha value is -1.23.